The van der Waals surface area contributed by atoms with Gasteiger partial charge in [-0.1, -0.05) is 20.3 Å². The van der Waals surface area contributed by atoms with Crippen molar-refractivity contribution >= 4 is 23.7 Å². The number of alkyl carbamates (subject to hydrolysis) is 1. The number of methoxy groups -OCH3 is 1. The van der Waals surface area contributed by atoms with Gasteiger partial charge in [0, 0.05) is 5.69 Å². The van der Waals surface area contributed by atoms with E-state index >= 15 is 0 Å². The van der Waals surface area contributed by atoms with Crippen LogP contribution in [0.15, 0.2) is 24.3 Å². The number of carbonyl (C=O) groups excluding carboxylic acids is 3. The normalized spacial score (nSPS) is 13.3. The summed E-state index contributed by atoms with van der Waals surface area (Å²) in [6.45, 7) is 9.09. The lowest BCUT2D eigenvalue weighted by atomic mass is 9.98. The Balaban J connectivity index is 2.83. The van der Waals surface area contributed by atoms with Crippen LogP contribution < -0.4 is 10.6 Å². The monoisotopic (exact) mass is 364 g/mol. The second-order valence-electron chi connectivity index (χ2n) is 7.07. The zero-order chi connectivity index (χ0) is 19.9. The fraction of sp³-hybridized carbons (Fsp3) is 0.526. The molecule has 1 aromatic carbocycles. The third-order valence-corrected chi connectivity index (χ3v) is 3.74. The molecule has 2 amide bonds. The molecule has 0 aliphatic rings. The van der Waals surface area contributed by atoms with Gasteiger partial charge in [-0.3, -0.25) is 4.79 Å². The molecule has 2 atom stereocenters. The molecule has 0 aliphatic carbocycles. The van der Waals surface area contributed by atoms with Gasteiger partial charge in [-0.25, -0.2) is 9.59 Å². The molecule has 0 bridgehead atoms. The lowest BCUT2D eigenvalue weighted by molar-refractivity contribution is -0.119. The molecule has 144 valence electrons. The number of nitrogens with one attached hydrogen (secondary N) is 2. The Labute approximate surface area is 154 Å². The first-order valence-electron chi connectivity index (χ1n) is 8.56. The summed E-state index contributed by atoms with van der Waals surface area (Å²) >= 11 is 0. The first-order valence-corrected chi connectivity index (χ1v) is 8.56. The molecular weight excluding hydrogens is 336 g/mol. The predicted molar refractivity (Wildman–Crippen MR) is 99.0 cm³/mol. The number of carbonyl (C=O) groups is 3. The molecule has 0 spiro atoms. The van der Waals surface area contributed by atoms with Crippen LogP contribution in [-0.2, 0) is 14.3 Å². The zero-order valence-corrected chi connectivity index (χ0v) is 16.2. The molecule has 0 aliphatic heterocycles. The smallest absolute Gasteiger partial charge is 0.408 e. The molecule has 2 N–H and O–H groups in total. The van der Waals surface area contributed by atoms with E-state index in [9.17, 15) is 14.4 Å². The summed E-state index contributed by atoms with van der Waals surface area (Å²) in [5.74, 6) is -0.889. The average Bonchev–Trinajstić information content (AvgIpc) is 2.57. The molecule has 0 aromatic heterocycles. The topological polar surface area (TPSA) is 93.7 Å². The van der Waals surface area contributed by atoms with E-state index in [0.29, 0.717) is 17.7 Å². The number of rotatable bonds is 6. The first-order chi connectivity index (χ1) is 12.1. The number of hydrogen-bond acceptors (Lipinski definition) is 5. The lowest BCUT2D eigenvalue weighted by Gasteiger charge is -2.26. The number of benzene rings is 1. The Morgan fingerprint density at radius 3 is 2.15 bits per heavy atom. The third-order valence-electron chi connectivity index (χ3n) is 3.74. The van der Waals surface area contributed by atoms with Gasteiger partial charge in [0.15, 0.2) is 0 Å². The fourth-order valence-electron chi connectivity index (χ4n) is 2.16. The van der Waals surface area contributed by atoms with Crippen molar-refractivity contribution in [2.75, 3.05) is 12.4 Å². The lowest BCUT2D eigenvalue weighted by Crippen LogP contribution is -2.49. The molecule has 7 nitrogen and oxygen atoms in total. The maximum absolute atomic E-state index is 12.6. The van der Waals surface area contributed by atoms with E-state index in [2.05, 4.69) is 15.4 Å². The quantitative estimate of drug-likeness (QED) is 0.755. The van der Waals surface area contributed by atoms with Crippen LogP contribution in [0.25, 0.3) is 0 Å². The minimum absolute atomic E-state index is 0.0862. The molecular formula is C19H28N2O5. The minimum atomic E-state index is -0.741. The highest BCUT2D eigenvalue weighted by Crippen LogP contribution is 2.15. The Bertz CT molecular complexity index is 634. The highest BCUT2D eigenvalue weighted by atomic mass is 16.6. The van der Waals surface area contributed by atoms with Crippen LogP contribution in [0, 0.1) is 5.92 Å². The van der Waals surface area contributed by atoms with Crippen LogP contribution in [0.3, 0.4) is 0 Å². The Hall–Kier alpha value is -2.57. The van der Waals surface area contributed by atoms with Crippen LogP contribution in [0.2, 0.25) is 0 Å². The molecule has 1 aromatic rings. The van der Waals surface area contributed by atoms with Crippen molar-refractivity contribution in [1.82, 2.24) is 5.32 Å². The highest BCUT2D eigenvalue weighted by molar-refractivity contribution is 5.97. The van der Waals surface area contributed by atoms with Gasteiger partial charge < -0.3 is 20.1 Å². The largest absolute Gasteiger partial charge is 0.465 e. The molecule has 7 heteroatoms. The van der Waals surface area contributed by atoms with Crippen LogP contribution in [0.4, 0.5) is 10.5 Å². The number of ether oxygens (including phenoxy) is 2. The minimum Gasteiger partial charge on any atom is -0.465 e. The SMILES string of the molecule is CCC(C)C(NC(=O)OC(C)(C)C)C(=O)Nc1ccc(C(=O)OC)cc1. The number of amides is 2. The van der Waals surface area contributed by atoms with Crippen molar-refractivity contribution in [2.24, 2.45) is 5.92 Å². The summed E-state index contributed by atoms with van der Waals surface area (Å²) in [6.07, 6.45) is 0.0637. The summed E-state index contributed by atoms with van der Waals surface area (Å²) in [6, 6.07) is 5.58. The number of esters is 1. The van der Waals surface area contributed by atoms with Gasteiger partial charge in [-0.15, -0.1) is 0 Å². The summed E-state index contributed by atoms with van der Waals surface area (Å²) in [4.78, 5) is 36.1. The van der Waals surface area contributed by atoms with Gasteiger partial charge >= 0.3 is 12.1 Å². The molecule has 0 saturated heterocycles. The molecule has 0 heterocycles. The molecule has 0 saturated carbocycles. The van der Waals surface area contributed by atoms with E-state index in [-0.39, 0.29) is 11.8 Å². The standard InChI is InChI=1S/C19H28N2O5/c1-7-12(2)15(21-18(24)26-19(3,4)5)16(22)20-14-10-8-13(9-11-14)17(23)25-6/h8-12,15H,7H2,1-6H3,(H,20,22)(H,21,24). The van der Waals surface area contributed by atoms with Gasteiger partial charge in [0.1, 0.15) is 11.6 Å². The van der Waals surface area contributed by atoms with Crippen LogP contribution in [-0.4, -0.2) is 36.7 Å². The predicted octanol–water partition coefficient (Wildman–Crippen LogP) is 3.35. The summed E-state index contributed by atoms with van der Waals surface area (Å²) < 4.78 is 9.87. The van der Waals surface area contributed by atoms with E-state index in [0.717, 1.165) is 0 Å². The van der Waals surface area contributed by atoms with Crippen molar-refractivity contribution in [3.8, 4) is 0 Å². The maximum Gasteiger partial charge on any atom is 0.408 e. The number of anilines is 1. The van der Waals surface area contributed by atoms with E-state index < -0.39 is 23.7 Å². The molecule has 0 radical (unpaired) electrons. The zero-order valence-electron chi connectivity index (χ0n) is 16.2. The van der Waals surface area contributed by atoms with E-state index in [1.165, 1.54) is 7.11 Å². The average molecular weight is 364 g/mol. The highest BCUT2D eigenvalue weighted by Gasteiger charge is 2.28. The first kappa shape index (κ1) is 21.5. The van der Waals surface area contributed by atoms with Gasteiger partial charge in [0.2, 0.25) is 5.91 Å². The van der Waals surface area contributed by atoms with Crippen molar-refractivity contribution < 1.29 is 23.9 Å². The second-order valence-corrected chi connectivity index (χ2v) is 7.07. The second kappa shape index (κ2) is 9.22. The molecule has 26 heavy (non-hydrogen) atoms. The molecule has 1 rings (SSSR count). The maximum atomic E-state index is 12.6. The molecule has 0 fully saturated rings. The van der Waals surface area contributed by atoms with Crippen molar-refractivity contribution in [1.29, 1.82) is 0 Å². The van der Waals surface area contributed by atoms with E-state index in [1.54, 1.807) is 45.0 Å². The summed E-state index contributed by atoms with van der Waals surface area (Å²) in [5, 5.41) is 5.38. The fourth-order valence-corrected chi connectivity index (χ4v) is 2.16. The van der Waals surface area contributed by atoms with Crippen molar-refractivity contribution in [3.05, 3.63) is 29.8 Å². The number of hydrogen-bond donors (Lipinski definition) is 2. The Morgan fingerprint density at radius 2 is 1.69 bits per heavy atom. The van der Waals surface area contributed by atoms with Crippen LogP contribution >= 0.6 is 0 Å². The van der Waals surface area contributed by atoms with Gasteiger partial charge in [-0.2, -0.15) is 0 Å². The van der Waals surface area contributed by atoms with Crippen LogP contribution in [0.5, 0.6) is 0 Å². The summed E-state index contributed by atoms with van der Waals surface area (Å²) in [7, 11) is 1.30. The Kier molecular flexibility index (Phi) is 7.61. The van der Waals surface area contributed by atoms with Gasteiger partial charge in [0.05, 0.1) is 12.7 Å². The van der Waals surface area contributed by atoms with Gasteiger partial charge in [0.25, 0.3) is 0 Å². The van der Waals surface area contributed by atoms with Gasteiger partial charge in [-0.05, 0) is 51.0 Å². The van der Waals surface area contributed by atoms with Crippen LogP contribution in [0.1, 0.15) is 51.4 Å². The Morgan fingerprint density at radius 1 is 1.12 bits per heavy atom. The molecule has 2 unspecified atom stereocenters. The summed E-state index contributed by atoms with van der Waals surface area (Å²) in [5.41, 5.74) is 0.252. The third kappa shape index (κ3) is 6.74. The van der Waals surface area contributed by atoms with E-state index in [4.69, 9.17) is 4.74 Å². The van der Waals surface area contributed by atoms with Crippen molar-refractivity contribution in [2.45, 2.75) is 52.7 Å². The van der Waals surface area contributed by atoms with Crippen molar-refractivity contribution in [3.63, 3.8) is 0 Å². The van der Waals surface area contributed by atoms with E-state index in [1.807, 2.05) is 13.8 Å².